The summed E-state index contributed by atoms with van der Waals surface area (Å²) < 4.78 is 4.84. The molecule has 136 valence electrons. The Morgan fingerprint density at radius 2 is 1.46 bits per heavy atom. The standard InChI is InChI=1S/C20H32O4/c1-3-5-6-8-13-18(21)15-11-12-16-19(22)14-9-7-10-17-20(23)24-4-2/h3-11,13-15,17H2,1-2H3. The first-order valence-electron chi connectivity index (χ1n) is 9.29. The molecule has 0 aromatic carbocycles. The van der Waals surface area contributed by atoms with Crippen molar-refractivity contribution in [1.82, 2.24) is 0 Å². The lowest BCUT2D eigenvalue weighted by atomic mass is 10.1. The fourth-order valence-electron chi connectivity index (χ4n) is 2.26. The maximum absolute atomic E-state index is 11.6. The van der Waals surface area contributed by atoms with Crippen LogP contribution in [0, 0.1) is 11.8 Å². The molecule has 0 aliphatic heterocycles. The summed E-state index contributed by atoms with van der Waals surface area (Å²) in [6, 6.07) is 0. The summed E-state index contributed by atoms with van der Waals surface area (Å²) in [6.07, 6.45) is 9.12. The molecule has 0 aromatic rings. The van der Waals surface area contributed by atoms with Gasteiger partial charge in [-0.3, -0.25) is 14.4 Å². The average molecular weight is 336 g/mol. The Morgan fingerprint density at radius 3 is 2.17 bits per heavy atom. The summed E-state index contributed by atoms with van der Waals surface area (Å²) >= 11 is 0. The number of Topliss-reactive ketones (excluding diaryl/α,β-unsaturated/α-hetero) is 2. The lowest BCUT2D eigenvalue weighted by Crippen LogP contribution is -2.03. The molecule has 0 saturated heterocycles. The zero-order valence-corrected chi connectivity index (χ0v) is 15.3. The Hall–Kier alpha value is -1.63. The minimum atomic E-state index is -0.178. The Bertz CT molecular complexity index is 429. The Kier molecular flexibility index (Phi) is 15.1. The van der Waals surface area contributed by atoms with Crippen LogP contribution in [0.2, 0.25) is 0 Å². The van der Waals surface area contributed by atoms with Gasteiger partial charge in [-0.05, 0) is 32.1 Å². The molecule has 0 aliphatic rings. The van der Waals surface area contributed by atoms with Crippen molar-refractivity contribution in [2.75, 3.05) is 6.61 Å². The molecule has 0 unspecified atom stereocenters. The van der Waals surface area contributed by atoms with Crippen molar-refractivity contribution in [2.45, 2.75) is 90.9 Å². The molecule has 0 amide bonds. The summed E-state index contributed by atoms with van der Waals surface area (Å²) in [5.74, 6) is 5.38. The monoisotopic (exact) mass is 336 g/mol. The van der Waals surface area contributed by atoms with E-state index >= 15 is 0 Å². The average Bonchev–Trinajstić information content (AvgIpc) is 2.55. The highest BCUT2D eigenvalue weighted by Crippen LogP contribution is 2.06. The molecule has 0 spiro atoms. The number of ketones is 2. The molecule has 0 bridgehead atoms. The molecular formula is C20H32O4. The third-order valence-corrected chi connectivity index (χ3v) is 3.66. The molecule has 0 saturated carbocycles. The van der Waals surface area contributed by atoms with E-state index < -0.39 is 0 Å². The predicted molar refractivity (Wildman–Crippen MR) is 95.5 cm³/mol. The van der Waals surface area contributed by atoms with Gasteiger partial charge in [0.1, 0.15) is 5.78 Å². The molecular weight excluding hydrogens is 304 g/mol. The van der Waals surface area contributed by atoms with Crippen LogP contribution in [0.4, 0.5) is 0 Å². The molecule has 0 atom stereocenters. The van der Waals surface area contributed by atoms with E-state index in [1.54, 1.807) is 6.92 Å². The zero-order chi connectivity index (χ0) is 18.0. The minimum Gasteiger partial charge on any atom is -0.466 e. The van der Waals surface area contributed by atoms with Crippen LogP contribution in [0.5, 0.6) is 0 Å². The van der Waals surface area contributed by atoms with Crippen molar-refractivity contribution in [3.05, 3.63) is 0 Å². The van der Waals surface area contributed by atoms with Gasteiger partial charge in [-0.2, -0.15) is 0 Å². The van der Waals surface area contributed by atoms with E-state index in [1.165, 1.54) is 12.8 Å². The van der Waals surface area contributed by atoms with Crippen molar-refractivity contribution in [1.29, 1.82) is 0 Å². The van der Waals surface area contributed by atoms with Gasteiger partial charge < -0.3 is 4.74 Å². The van der Waals surface area contributed by atoms with E-state index in [0.717, 1.165) is 32.1 Å². The quantitative estimate of drug-likeness (QED) is 0.204. The highest BCUT2D eigenvalue weighted by atomic mass is 16.5. The minimum absolute atomic E-state index is 0.0819. The van der Waals surface area contributed by atoms with Crippen molar-refractivity contribution in [3.63, 3.8) is 0 Å². The number of hydrogen-bond acceptors (Lipinski definition) is 4. The second-order valence-electron chi connectivity index (χ2n) is 5.94. The molecule has 0 rings (SSSR count). The van der Waals surface area contributed by atoms with Crippen LogP contribution in [0.25, 0.3) is 0 Å². The van der Waals surface area contributed by atoms with Crippen LogP contribution in [-0.4, -0.2) is 24.1 Å². The van der Waals surface area contributed by atoms with Gasteiger partial charge in [0.2, 0.25) is 5.78 Å². The van der Waals surface area contributed by atoms with E-state index in [9.17, 15) is 14.4 Å². The van der Waals surface area contributed by atoms with Gasteiger partial charge in [0.15, 0.2) is 0 Å². The number of carbonyl (C=O) groups excluding carboxylic acids is 3. The van der Waals surface area contributed by atoms with Gasteiger partial charge in [0, 0.05) is 32.1 Å². The number of ether oxygens (including phenoxy) is 1. The summed E-state index contributed by atoms with van der Waals surface area (Å²) in [5.41, 5.74) is 0. The van der Waals surface area contributed by atoms with Gasteiger partial charge >= 0.3 is 5.97 Å². The molecule has 0 aromatic heterocycles. The molecule has 4 nitrogen and oxygen atoms in total. The second-order valence-corrected chi connectivity index (χ2v) is 5.94. The zero-order valence-electron chi connectivity index (χ0n) is 15.3. The van der Waals surface area contributed by atoms with Crippen LogP contribution in [0.1, 0.15) is 90.9 Å². The van der Waals surface area contributed by atoms with E-state index in [1.807, 2.05) is 0 Å². The summed E-state index contributed by atoms with van der Waals surface area (Å²) in [5, 5.41) is 0. The maximum atomic E-state index is 11.6. The summed E-state index contributed by atoms with van der Waals surface area (Å²) in [4.78, 5) is 34.3. The van der Waals surface area contributed by atoms with Crippen LogP contribution < -0.4 is 0 Å². The molecule has 0 N–H and O–H groups in total. The fourth-order valence-corrected chi connectivity index (χ4v) is 2.26. The van der Waals surface area contributed by atoms with Crippen LogP contribution in [-0.2, 0) is 19.1 Å². The van der Waals surface area contributed by atoms with Gasteiger partial charge in [0.05, 0.1) is 6.61 Å². The lowest BCUT2D eigenvalue weighted by Gasteiger charge is -2.00. The van der Waals surface area contributed by atoms with Crippen molar-refractivity contribution >= 4 is 17.5 Å². The van der Waals surface area contributed by atoms with Crippen LogP contribution in [0.3, 0.4) is 0 Å². The smallest absolute Gasteiger partial charge is 0.305 e. The van der Waals surface area contributed by atoms with E-state index in [0.29, 0.717) is 38.7 Å². The second kappa shape index (κ2) is 16.2. The molecule has 0 heterocycles. The van der Waals surface area contributed by atoms with E-state index in [2.05, 4.69) is 18.8 Å². The van der Waals surface area contributed by atoms with Gasteiger partial charge in [-0.1, -0.05) is 38.5 Å². The molecule has 0 fully saturated rings. The van der Waals surface area contributed by atoms with Crippen molar-refractivity contribution in [2.24, 2.45) is 0 Å². The summed E-state index contributed by atoms with van der Waals surface area (Å²) in [7, 11) is 0. The predicted octanol–water partition coefficient (Wildman–Crippen LogP) is 4.39. The van der Waals surface area contributed by atoms with E-state index in [-0.39, 0.29) is 17.5 Å². The highest BCUT2D eigenvalue weighted by Gasteiger charge is 2.03. The third-order valence-electron chi connectivity index (χ3n) is 3.66. The molecule has 0 radical (unpaired) electrons. The normalized spacial score (nSPS) is 9.92. The largest absolute Gasteiger partial charge is 0.466 e. The Morgan fingerprint density at radius 1 is 0.792 bits per heavy atom. The Labute approximate surface area is 146 Å². The van der Waals surface area contributed by atoms with Crippen LogP contribution >= 0.6 is 0 Å². The topological polar surface area (TPSA) is 60.4 Å². The van der Waals surface area contributed by atoms with Crippen molar-refractivity contribution < 1.29 is 19.1 Å². The number of hydrogen-bond donors (Lipinski definition) is 0. The molecule has 24 heavy (non-hydrogen) atoms. The highest BCUT2D eigenvalue weighted by molar-refractivity contribution is 5.95. The molecule has 4 heteroatoms. The van der Waals surface area contributed by atoms with E-state index in [4.69, 9.17) is 4.74 Å². The first-order chi connectivity index (χ1) is 11.6. The molecule has 0 aliphatic carbocycles. The van der Waals surface area contributed by atoms with Crippen molar-refractivity contribution in [3.8, 4) is 11.8 Å². The Balaban J connectivity index is 3.59. The van der Waals surface area contributed by atoms with Gasteiger partial charge in [0.25, 0.3) is 0 Å². The van der Waals surface area contributed by atoms with Gasteiger partial charge in [-0.25, -0.2) is 0 Å². The fraction of sp³-hybridized carbons (Fsp3) is 0.750. The number of carbonyl (C=O) groups is 3. The summed E-state index contributed by atoms with van der Waals surface area (Å²) in [6.45, 7) is 4.35. The number of unbranched alkanes of at least 4 members (excludes halogenated alkanes) is 5. The van der Waals surface area contributed by atoms with Gasteiger partial charge in [-0.15, -0.1) is 0 Å². The SMILES string of the molecule is CCCCCCC(=O)CCC#CC(=O)CCCCCC(=O)OCC. The first-order valence-corrected chi connectivity index (χ1v) is 9.29. The maximum Gasteiger partial charge on any atom is 0.305 e. The number of rotatable bonds is 14. The number of esters is 1. The first kappa shape index (κ1) is 22.4. The van der Waals surface area contributed by atoms with Crippen LogP contribution in [0.15, 0.2) is 0 Å². The lowest BCUT2D eigenvalue weighted by molar-refractivity contribution is -0.143. The third kappa shape index (κ3) is 15.3.